The van der Waals surface area contributed by atoms with Gasteiger partial charge in [0.2, 0.25) is 0 Å². The Bertz CT molecular complexity index is 5280. The van der Waals surface area contributed by atoms with E-state index in [0.29, 0.717) is 5.82 Å². The van der Waals surface area contributed by atoms with Crippen molar-refractivity contribution in [3.63, 3.8) is 0 Å². The summed E-state index contributed by atoms with van der Waals surface area (Å²) < 4.78 is 0. The molecule has 0 aliphatic carbocycles. The van der Waals surface area contributed by atoms with Gasteiger partial charge in [-0.25, -0.2) is 15.0 Å². The van der Waals surface area contributed by atoms with Crippen LogP contribution in [0.4, 0.5) is 0 Å². The molecule has 3 heteroatoms. The summed E-state index contributed by atoms with van der Waals surface area (Å²) in [6.45, 7) is 0. The standard InChI is InChI=1S/C87H57N3/c1-7-21-58(22-8-1)68-33-19-35-70(49-68)76-55-81(73-36-20-34-69(50-73)59-23-9-2-10-24-59)86-82(56-76)85(66-41-37-61(38-42-66)71-47-48-78-77(51-71)52-75(60-25-11-3-12-26-60)54-79(78)63-27-13-4-14-28-63)89-87(90-86)67-43-39-62(40-44-67)72-45-46-74-53-80(64-29-15-5-16-30-64)84(88-83(74)57-72)65-31-17-6-18-32-65/h1-57H. The van der Waals surface area contributed by atoms with Crippen LogP contribution in [0.3, 0.4) is 0 Å². The number of fused-ring (bicyclic) bond motifs is 3. The molecule has 16 rings (SSSR count). The summed E-state index contributed by atoms with van der Waals surface area (Å²) in [7, 11) is 0. The molecular weight excluding hydrogens is 1090 g/mol. The van der Waals surface area contributed by atoms with E-state index in [1.54, 1.807) is 0 Å². The Morgan fingerprint density at radius 2 is 0.556 bits per heavy atom. The molecule has 0 aliphatic rings. The lowest BCUT2D eigenvalue weighted by Crippen LogP contribution is -1.98. The van der Waals surface area contributed by atoms with Gasteiger partial charge in [0.25, 0.3) is 0 Å². The molecule has 0 amide bonds. The minimum absolute atomic E-state index is 0.645. The predicted octanol–water partition coefficient (Wildman–Crippen LogP) is 23.3. The Labute approximate surface area is 524 Å². The average Bonchev–Trinajstić information content (AvgIpc) is 0.867. The van der Waals surface area contributed by atoms with Gasteiger partial charge in [0.05, 0.1) is 22.4 Å². The summed E-state index contributed by atoms with van der Waals surface area (Å²) in [6, 6.07) is 124. The van der Waals surface area contributed by atoms with Gasteiger partial charge in [0, 0.05) is 38.6 Å². The molecule has 0 saturated heterocycles. The number of hydrogen-bond acceptors (Lipinski definition) is 3. The van der Waals surface area contributed by atoms with E-state index in [1.807, 2.05) is 0 Å². The molecule has 0 fully saturated rings. The molecule has 0 bridgehead atoms. The monoisotopic (exact) mass is 1140 g/mol. The fraction of sp³-hybridized carbons (Fsp3) is 0. The van der Waals surface area contributed by atoms with Crippen LogP contribution in [0.1, 0.15) is 0 Å². The van der Waals surface area contributed by atoms with Crippen LogP contribution in [0.2, 0.25) is 0 Å². The van der Waals surface area contributed by atoms with E-state index in [1.165, 1.54) is 38.6 Å². The minimum Gasteiger partial charge on any atom is -0.247 e. The lowest BCUT2D eigenvalue weighted by Gasteiger charge is -2.17. The van der Waals surface area contributed by atoms with E-state index >= 15 is 0 Å². The number of pyridine rings is 1. The van der Waals surface area contributed by atoms with Crippen molar-refractivity contribution in [2.24, 2.45) is 0 Å². The molecule has 2 aromatic heterocycles. The van der Waals surface area contributed by atoms with Gasteiger partial charge in [0.15, 0.2) is 5.82 Å². The van der Waals surface area contributed by atoms with Crippen LogP contribution in [0.5, 0.6) is 0 Å². The third kappa shape index (κ3) is 10.5. The number of rotatable bonds is 12. The topological polar surface area (TPSA) is 38.7 Å². The Morgan fingerprint density at radius 3 is 1.16 bits per heavy atom. The van der Waals surface area contributed by atoms with Gasteiger partial charge in [-0.15, -0.1) is 0 Å². The van der Waals surface area contributed by atoms with Gasteiger partial charge in [-0.2, -0.15) is 0 Å². The normalized spacial score (nSPS) is 11.3. The van der Waals surface area contributed by atoms with Crippen molar-refractivity contribution in [2.45, 2.75) is 0 Å². The highest BCUT2D eigenvalue weighted by atomic mass is 14.9. The molecule has 0 N–H and O–H groups in total. The van der Waals surface area contributed by atoms with Crippen LogP contribution >= 0.6 is 0 Å². The van der Waals surface area contributed by atoms with Crippen molar-refractivity contribution in [2.75, 3.05) is 0 Å². The smallest absolute Gasteiger partial charge is 0.160 e. The molecule has 2 heterocycles. The zero-order valence-electron chi connectivity index (χ0n) is 49.3. The van der Waals surface area contributed by atoms with Gasteiger partial charge in [-0.3, -0.25) is 0 Å². The molecule has 420 valence electrons. The minimum atomic E-state index is 0.645. The second-order valence-corrected chi connectivity index (χ2v) is 23.1. The van der Waals surface area contributed by atoms with E-state index < -0.39 is 0 Å². The van der Waals surface area contributed by atoms with Crippen LogP contribution in [0.15, 0.2) is 346 Å². The second kappa shape index (κ2) is 23.4. The van der Waals surface area contributed by atoms with E-state index in [-0.39, 0.29) is 0 Å². The first-order valence-corrected chi connectivity index (χ1v) is 30.7. The summed E-state index contributed by atoms with van der Waals surface area (Å²) in [5.41, 5.74) is 27.0. The predicted molar refractivity (Wildman–Crippen MR) is 378 cm³/mol. The van der Waals surface area contributed by atoms with Crippen LogP contribution in [-0.2, 0) is 0 Å². The quantitative estimate of drug-likeness (QED) is 0.122. The number of nitrogens with zero attached hydrogens (tertiary/aromatic N) is 3. The third-order valence-corrected chi connectivity index (χ3v) is 17.4. The fourth-order valence-electron chi connectivity index (χ4n) is 12.8. The number of aromatic nitrogens is 3. The lowest BCUT2D eigenvalue weighted by atomic mass is 9.90. The molecule has 0 aliphatic heterocycles. The Balaban J connectivity index is 0.850. The molecule has 0 atom stereocenters. The van der Waals surface area contributed by atoms with Crippen molar-refractivity contribution in [3.05, 3.63) is 346 Å². The van der Waals surface area contributed by atoms with Crippen molar-refractivity contribution in [1.29, 1.82) is 0 Å². The van der Waals surface area contributed by atoms with Gasteiger partial charge in [-0.05, 0) is 154 Å². The maximum Gasteiger partial charge on any atom is 0.160 e. The zero-order valence-corrected chi connectivity index (χ0v) is 49.3. The molecule has 0 spiro atoms. The molecular formula is C87H57N3. The van der Waals surface area contributed by atoms with Crippen LogP contribution in [0, 0.1) is 0 Å². The highest BCUT2D eigenvalue weighted by Crippen LogP contribution is 2.43. The SMILES string of the molecule is c1ccc(-c2cccc(-c3cc(-c4cccc(-c5ccccc5)c4)c4nc(-c5ccc(-c6ccc7cc(-c8ccccc8)c(-c8ccccc8)nc7c6)cc5)nc(-c5ccc(-c6ccc7c(-c8ccccc8)cc(-c8ccccc8)cc7c6)cc5)c4c3)c2)cc1. The number of benzene rings is 14. The average molecular weight is 1140 g/mol. The van der Waals surface area contributed by atoms with E-state index in [0.717, 1.165) is 122 Å². The summed E-state index contributed by atoms with van der Waals surface area (Å²) in [4.78, 5) is 16.7. The van der Waals surface area contributed by atoms with Gasteiger partial charge >= 0.3 is 0 Å². The molecule has 3 nitrogen and oxygen atoms in total. The fourth-order valence-corrected chi connectivity index (χ4v) is 12.8. The van der Waals surface area contributed by atoms with Crippen molar-refractivity contribution in [3.8, 4) is 134 Å². The van der Waals surface area contributed by atoms with Gasteiger partial charge in [-0.1, -0.05) is 291 Å². The van der Waals surface area contributed by atoms with Crippen molar-refractivity contribution < 1.29 is 0 Å². The van der Waals surface area contributed by atoms with E-state index in [4.69, 9.17) is 15.0 Å². The first-order valence-electron chi connectivity index (χ1n) is 30.7. The zero-order chi connectivity index (χ0) is 59.7. The Hall–Kier alpha value is -11.9. The van der Waals surface area contributed by atoms with Crippen LogP contribution in [-0.4, -0.2) is 15.0 Å². The summed E-state index contributed by atoms with van der Waals surface area (Å²) in [5.74, 6) is 0.645. The summed E-state index contributed by atoms with van der Waals surface area (Å²) in [6.07, 6.45) is 0. The molecule has 0 unspecified atom stereocenters. The highest BCUT2D eigenvalue weighted by molar-refractivity contribution is 6.06. The molecule has 14 aromatic carbocycles. The third-order valence-electron chi connectivity index (χ3n) is 17.4. The molecule has 0 saturated carbocycles. The number of hydrogen-bond donors (Lipinski definition) is 0. The van der Waals surface area contributed by atoms with Gasteiger partial charge in [0.1, 0.15) is 0 Å². The van der Waals surface area contributed by atoms with Crippen molar-refractivity contribution in [1.82, 2.24) is 15.0 Å². The van der Waals surface area contributed by atoms with Crippen molar-refractivity contribution >= 4 is 32.6 Å². The Kier molecular flexibility index (Phi) is 13.9. The first kappa shape index (κ1) is 53.6. The lowest BCUT2D eigenvalue weighted by molar-refractivity contribution is 1.23. The first-order chi connectivity index (χ1) is 44.6. The maximum atomic E-state index is 5.66. The maximum absolute atomic E-state index is 5.66. The Morgan fingerprint density at radius 1 is 0.167 bits per heavy atom. The summed E-state index contributed by atoms with van der Waals surface area (Å²) in [5, 5.41) is 4.46. The van der Waals surface area contributed by atoms with E-state index in [9.17, 15) is 0 Å². The second-order valence-electron chi connectivity index (χ2n) is 23.1. The summed E-state index contributed by atoms with van der Waals surface area (Å²) >= 11 is 0. The largest absolute Gasteiger partial charge is 0.247 e. The van der Waals surface area contributed by atoms with Crippen LogP contribution in [0.25, 0.3) is 167 Å². The molecule has 16 aromatic rings. The van der Waals surface area contributed by atoms with Gasteiger partial charge < -0.3 is 0 Å². The highest BCUT2D eigenvalue weighted by Gasteiger charge is 2.20. The van der Waals surface area contributed by atoms with Crippen LogP contribution < -0.4 is 0 Å². The molecule has 0 radical (unpaired) electrons. The molecule has 90 heavy (non-hydrogen) atoms. The van der Waals surface area contributed by atoms with E-state index in [2.05, 4.69) is 346 Å².